The van der Waals surface area contributed by atoms with Crippen LogP contribution in [-0.4, -0.2) is 53.1 Å². The highest BCUT2D eigenvalue weighted by molar-refractivity contribution is 5.79. The Hall–Kier alpha value is -1.26. The zero-order valence-electron chi connectivity index (χ0n) is 13.5. The SMILES string of the molecule is CCC1(C(=O)O)CCN(C(=O)N(C)C2CCC(C)CC2)C1. The summed E-state index contributed by atoms with van der Waals surface area (Å²) in [5.74, 6) is -0.00858. The predicted octanol–water partition coefficient (Wildman–Crippen LogP) is 2.80. The van der Waals surface area contributed by atoms with Crippen LogP contribution in [0.2, 0.25) is 0 Å². The molecule has 1 saturated heterocycles. The summed E-state index contributed by atoms with van der Waals surface area (Å²) in [6.45, 7) is 5.08. The molecule has 1 saturated carbocycles. The Morgan fingerprint density at radius 2 is 1.90 bits per heavy atom. The first kappa shape index (κ1) is 16.1. The van der Waals surface area contributed by atoms with Gasteiger partial charge in [-0.2, -0.15) is 0 Å². The average Bonchev–Trinajstić information content (AvgIpc) is 2.92. The zero-order valence-corrected chi connectivity index (χ0v) is 13.5. The number of aliphatic carboxylic acids is 1. The van der Waals surface area contributed by atoms with Gasteiger partial charge in [-0.05, 0) is 44.4 Å². The molecular formula is C16H28N2O3. The van der Waals surface area contributed by atoms with E-state index >= 15 is 0 Å². The summed E-state index contributed by atoms with van der Waals surface area (Å²) in [6.07, 6.45) is 5.63. The van der Waals surface area contributed by atoms with Crippen LogP contribution in [0.5, 0.6) is 0 Å². The average molecular weight is 296 g/mol. The third-order valence-electron chi connectivity index (χ3n) is 5.59. The smallest absolute Gasteiger partial charge is 0.320 e. The lowest BCUT2D eigenvalue weighted by Gasteiger charge is -2.36. The van der Waals surface area contributed by atoms with E-state index in [9.17, 15) is 14.7 Å². The zero-order chi connectivity index (χ0) is 15.6. The molecule has 0 aromatic rings. The number of likely N-dealkylation sites (tertiary alicyclic amines) is 1. The normalized spacial score (nSPS) is 33.0. The second-order valence-corrected chi connectivity index (χ2v) is 6.92. The van der Waals surface area contributed by atoms with E-state index < -0.39 is 11.4 Å². The van der Waals surface area contributed by atoms with E-state index in [0.29, 0.717) is 32.0 Å². The molecule has 5 heteroatoms. The van der Waals surface area contributed by atoms with Gasteiger partial charge in [0.25, 0.3) is 0 Å². The van der Waals surface area contributed by atoms with E-state index in [2.05, 4.69) is 6.92 Å². The number of urea groups is 1. The van der Waals surface area contributed by atoms with Crippen LogP contribution >= 0.6 is 0 Å². The summed E-state index contributed by atoms with van der Waals surface area (Å²) >= 11 is 0. The van der Waals surface area contributed by atoms with Crippen LogP contribution < -0.4 is 0 Å². The molecule has 1 aliphatic carbocycles. The maximum absolute atomic E-state index is 12.6. The van der Waals surface area contributed by atoms with Crippen LogP contribution in [-0.2, 0) is 4.79 Å². The van der Waals surface area contributed by atoms with E-state index in [1.165, 1.54) is 12.8 Å². The van der Waals surface area contributed by atoms with Crippen molar-refractivity contribution in [2.45, 2.75) is 58.4 Å². The van der Waals surface area contributed by atoms with Crippen LogP contribution in [0.3, 0.4) is 0 Å². The Balaban J connectivity index is 1.96. The summed E-state index contributed by atoms with van der Waals surface area (Å²) in [5, 5.41) is 9.43. The van der Waals surface area contributed by atoms with Crippen LogP contribution in [0, 0.1) is 11.3 Å². The molecule has 0 aromatic carbocycles. The van der Waals surface area contributed by atoms with Crippen molar-refractivity contribution in [1.29, 1.82) is 0 Å². The van der Waals surface area contributed by atoms with Gasteiger partial charge in [0.15, 0.2) is 0 Å². The third-order valence-corrected chi connectivity index (χ3v) is 5.59. The van der Waals surface area contributed by atoms with E-state index in [-0.39, 0.29) is 6.03 Å². The van der Waals surface area contributed by atoms with E-state index in [1.54, 1.807) is 4.90 Å². The molecular weight excluding hydrogens is 268 g/mol. The van der Waals surface area contributed by atoms with Crippen molar-refractivity contribution in [3.8, 4) is 0 Å². The maximum Gasteiger partial charge on any atom is 0.320 e. The summed E-state index contributed by atoms with van der Waals surface area (Å²) < 4.78 is 0. The number of amides is 2. The number of rotatable bonds is 3. The second-order valence-electron chi connectivity index (χ2n) is 6.92. The van der Waals surface area contributed by atoms with Gasteiger partial charge in [-0.1, -0.05) is 13.8 Å². The second kappa shape index (κ2) is 6.24. The first-order valence-corrected chi connectivity index (χ1v) is 8.15. The van der Waals surface area contributed by atoms with Gasteiger partial charge >= 0.3 is 12.0 Å². The molecule has 0 aromatic heterocycles. The fraction of sp³-hybridized carbons (Fsp3) is 0.875. The number of carboxylic acid groups (broad SMARTS) is 1. The van der Waals surface area contributed by atoms with Crippen molar-refractivity contribution < 1.29 is 14.7 Å². The van der Waals surface area contributed by atoms with Crippen LogP contribution in [0.1, 0.15) is 52.4 Å². The number of carboxylic acids is 1. The molecule has 1 unspecified atom stereocenters. The van der Waals surface area contributed by atoms with Crippen molar-refractivity contribution >= 4 is 12.0 Å². The summed E-state index contributed by atoms with van der Waals surface area (Å²) in [5.41, 5.74) is -0.739. The largest absolute Gasteiger partial charge is 0.481 e. The minimum Gasteiger partial charge on any atom is -0.481 e. The van der Waals surface area contributed by atoms with Gasteiger partial charge in [0.2, 0.25) is 0 Å². The van der Waals surface area contributed by atoms with E-state index in [1.807, 2.05) is 18.9 Å². The fourth-order valence-corrected chi connectivity index (χ4v) is 3.66. The lowest BCUT2D eigenvalue weighted by molar-refractivity contribution is -0.148. The number of nitrogens with zero attached hydrogens (tertiary/aromatic N) is 2. The molecule has 2 rings (SSSR count). The van der Waals surface area contributed by atoms with Gasteiger partial charge in [0.05, 0.1) is 5.41 Å². The van der Waals surface area contributed by atoms with E-state index in [0.717, 1.165) is 18.8 Å². The highest BCUT2D eigenvalue weighted by atomic mass is 16.4. The third kappa shape index (κ3) is 3.16. The molecule has 21 heavy (non-hydrogen) atoms. The number of hydrogen-bond donors (Lipinski definition) is 1. The predicted molar refractivity (Wildman–Crippen MR) is 81.1 cm³/mol. The van der Waals surface area contributed by atoms with Crippen molar-refractivity contribution in [2.75, 3.05) is 20.1 Å². The van der Waals surface area contributed by atoms with Crippen molar-refractivity contribution in [3.63, 3.8) is 0 Å². The summed E-state index contributed by atoms with van der Waals surface area (Å²) in [7, 11) is 1.87. The lowest BCUT2D eigenvalue weighted by Crippen LogP contribution is -2.47. The lowest BCUT2D eigenvalue weighted by atomic mass is 9.84. The van der Waals surface area contributed by atoms with E-state index in [4.69, 9.17) is 0 Å². The van der Waals surface area contributed by atoms with Gasteiger partial charge in [-0.3, -0.25) is 4.79 Å². The molecule has 0 radical (unpaired) electrons. The van der Waals surface area contributed by atoms with Crippen molar-refractivity contribution in [1.82, 2.24) is 9.80 Å². The van der Waals surface area contributed by atoms with Gasteiger partial charge < -0.3 is 14.9 Å². The molecule has 1 atom stereocenters. The maximum atomic E-state index is 12.6. The van der Waals surface area contributed by atoms with Gasteiger partial charge in [-0.25, -0.2) is 4.79 Å². The molecule has 1 N–H and O–H groups in total. The molecule has 120 valence electrons. The highest BCUT2D eigenvalue weighted by Crippen LogP contribution is 2.35. The quantitative estimate of drug-likeness (QED) is 0.871. The highest BCUT2D eigenvalue weighted by Gasteiger charge is 2.45. The molecule has 2 aliphatic rings. The van der Waals surface area contributed by atoms with Crippen LogP contribution in [0.4, 0.5) is 4.79 Å². The standard InChI is InChI=1S/C16H28N2O3/c1-4-16(14(19)20)9-10-18(11-16)15(21)17(3)13-7-5-12(2)6-8-13/h12-13H,4-11H2,1-3H3,(H,19,20). The molecule has 2 amide bonds. The topological polar surface area (TPSA) is 60.9 Å². The number of carbonyl (C=O) groups is 2. The van der Waals surface area contributed by atoms with Gasteiger partial charge in [0, 0.05) is 26.2 Å². The minimum atomic E-state index is -0.769. The molecule has 0 spiro atoms. The number of carbonyl (C=O) groups excluding carboxylic acids is 1. The van der Waals surface area contributed by atoms with Crippen LogP contribution in [0.15, 0.2) is 0 Å². The van der Waals surface area contributed by atoms with Gasteiger partial charge in [-0.15, -0.1) is 0 Å². The first-order chi connectivity index (χ1) is 9.89. The summed E-state index contributed by atoms with van der Waals surface area (Å²) in [6, 6.07) is 0.321. The Morgan fingerprint density at radius 1 is 1.29 bits per heavy atom. The first-order valence-electron chi connectivity index (χ1n) is 8.15. The van der Waals surface area contributed by atoms with Crippen molar-refractivity contribution in [3.05, 3.63) is 0 Å². The number of hydrogen-bond acceptors (Lipinski definition) is 2. The van der Waals surface area contributed by atoms with Crippen LogP contribution in [0.25, 0.3) is 0 Å². The molecule has 2 fully saturated rings. The molecule has 1 heterocycles. The van der Waals surface area contributed by atoms with Crippen molar-refractivity contribution in [2.24, 2.45) is 11.3 Å². The minimum absolute atomic E-state index is 0.00567. The Kier molecular flexibility index (Phi) is 4.79. The Morgan fingerprint density at radius 3 is 2.38 bits per heavy atom. The fourth-order valence-electron chi connectivity index (χ4n) is 3.66. The van der Waals surface area contributed by atoms with Gasteiger partial charge in [0.1, 0.15) is 0 Å². The molecule has 5 nitrogen and oxygen atoms in total. The summed E-state index contributed by atoms with van der Waals surface area (Å²) in [4.78, 5) is 27.7. The monoisotopic (exact) mass is 296 g/mol. The molecule has 0 bridgehead atoms. The molecule has 1 aliphatic heterocycles. The Labute approximate surface area is 127 Å². The Bertz CT molecular complexity index is 404.